The fourth-order valence-corrected chi connectivity index (χ4v) is 1.81. The molecule has 0 radical (unpaired) electrons. The Labute approximate surface area is 103 Å². The highest BCUT2D eigenvalue weighted by Crippen LogP contribution is 2.36. The predicted octanol–water partition coefficient (Wildman–Crippen LogP) is 2.97. The van der Waals surface area contributed by atoms with E-state index in [4.69, 9.17) is 11.5 Å². The molecule has 0 saturated carbocycles. The van der Waals surface area contributed by atoms with Gasteiger partial charge in [0.05, 0.1) is 5.56 Å². The van der Waals surface area contributed by atoms with Crippen LogP contribution in [0, 0.1) is 5.82 Å². The van der Waals surface area contributed by atoms with E-state index in [1.807, 2.05) is 0 Å². The number of unbranched alkanes of at least 4 members (excludes halogenated alkanes) is 1. The van der Waals surface area contributed by atoms with Crippen LogP contribution >= 0.6 is 0 Å². The van der Waals surface area contributed by atoms with Gasteiger partial charge < -0.3 is 11.5 Å². The van der Waals surface area contributed by atoms with E-state index in [-0.39, 0.29) is 5.56 Å². The molecule has 0 aliphatic rings. The quantitative estimate of drug-likeness (QED) is 0.634. The van der Waals surface area contributed by atoms with Gasteiger partial charge in [0, 0.05) is 6.04 Å². The van der Waals surface area contributed by atoms with Gasteiger partial charge in [-0.3, -0.25) is 0 Å². The Morgan fingerprint density at radius 1 is 1.17 bits per heavy atom. The van der Waals surface area contributed by atoms with Crippen LogP contribution < -0.4 is 11.5 Å². The van der Waals surface area contributed by atoms with Gasteiger partial charge in [-0.1, -0.05) is 18.6 Å². The van der Waals surface area contributed by atoms with Crippen LogP contribution in [0.25, 0.3) is 0 Å². The van der Waals surface area contributed by atoms with Crippen molar-refractivity contribution >= 4 is 0 Å². The van der Waals surface area contributed by atoms with E-state index in [0.29, 0.717) is 25.8 Å². The van der Waals surface area contributed by atoms with Crippen molar-refractivity contribution in [3.05, 3.63) is 35.1 Å². The molecule has 4 N–H and O–H groups in total. The number of hydrogen-bond donors (Lipinski definition) is 2. The molecule has 102 valence electrons. The lowest BCUT2D eigenvalue weighted by Gasteiger charge is -2.18. The zero-order chi connectivity index (χ0) is 13.8. The number of hydrogen-bond acceptors (Lipinski definition) is 2. The summed E-state index contributed by atoms with van der Waals surface area (Å²) in [6.07, 6.45) is -3.08. The molecular weight excluding hydrogens is 248 g/mol. The van der Waals surface area contributed by atoms with Gasteiger partial charge >= 0.3 is 6.18 Å². The largest absolute Gasteiger partial charge is 0.419 e. The highest BCUT2D eigenvalue weighted by atomic mass is 19.4. The molecule has 0 heterocycles. The molecule has 0 bridgehead atoms. The summed E-state index contributed by atoms with van der Waals surface area (Å²) in [5.41, 5.74) is 9.54. The molecule has 18 heavy (non-hydrogen) atoms. The van der Waals surface area contributed by atoms with Crippen molar-refractivity contribution in [3.8, 4) is 0 Å². The van der Waals surface area contributed by atoms with Crippen LogP contribution in [-0.2, 0) is 6.18 Å². The zero-order valence-corrected chi connectivity index (χ0v) is 9.80. The summed E-state index contributed by atoms with van der Waals surface area (Å²) >= 11 is 0. The Morgan fingerprint density at radius 3 is 2.39 bits per heavy atom. The van der Waals surface area contributed by atoms with Crippen LogP contribution in [-0.4, -0.2) is 6.54 Å². The maximum absolute atomic E-state index is 13.3. The second-order valence-electron chi connectivity index (χ2n) is 4.09. The van der Waals surface area contributed by atoms with Crippen LogP contribution in [0.1, 0.15) is 36.4 Å². The molecule has 0 fully saturated rings. The molecule has 0 spiro atoms. The molecule has 1 atom stereocenters. The average molecular weight is 264 g/mol. The standard InChI is InChI=1S/C12H16F4N2/c13-9-5-3-4-8(11(9)12(14,15)16)10(18)6-1-2-7-17/h3-5,10H,1-2,6-7,17-18H2/t10-/m1/s1. The van der Waals surface area contributed by atoms with Gasteiger partial charge in [0.1, 0.15) is 5.82 Å². The van der Waals surface area contributed by atoms with Crippen LogP contribution in [0.15, 0.2) is 18.2 Å². The van der Waals surface area contributed by atoms with Crippen molar-refractivity contribution in [2.45, 2.75) is 31.5 Å². The van der Waals surface area contributed by atoms with E-state index in [0.717, 1.165) is 6.07 Å². The lowest BCUT2D eigenvalue weighted by Crippen LogP contribution is -2.19. The fourth-order valence-electron chi connectivity index (χ4n) is 1.81. The molecule has 0 aromatic heterocycles. The number of halogens is 4. The molecule has 0 aliphatic carbocycles. The minimum Gasteiger partial charge on any atom is -0.330 e. The fraction of sp³-hybridized carbons (Fsp3) is 0.500. The van der Waals surface area contributed by atoms with Crippen molar-refractivity contribution < 1.29 is 17.6 Å². The Kier molecular flexibility index (Phi) is 5.10. The third-order valence-electron chi connectivity index (χ3n) is 2.70. The molecule has 2 nitrogen and oxygen atoms in total. The van der Waals surface area contributed by atoms with Gasteiger partial charge in [0.2, 0.25) is 0 Å². The summed E-state index contributed by atoms with van der Waals surface area (Å²) in [5.74, 6) is -1.28. The van der Waals surface area contributed by atoms with Crippen molar-refractivity contribution in [3.63, 3.8) is 0 Å². The molecule has 0 saturated heterocycles. The molecule has 0 amide bonds. The predicted molar refractivity (Wildman–Crippen MR) is 61.2 cm³/mol. The van der Waals surface area contributed by atoms with Crippen LogP contribution in [0.5, 0.6) is 0 Å². The summed E-state index contributed by atoms with van der Waals surface area (Å²) in [6.45, 7) is 0.460. The van der Waals surface area contributed by atoms with Crippen LogP contribution in [0.4, 0.5) is 17.6 Å². The molecule has 6 heteroatoms. The highest BCUT2D eigenvalue weighted by molar-refractivity contribution is 5.33. The molecule has 1 aromatic rings. The lowest BCUT2D eigenvalue weighted by atomic mass is 9.96. The van der Waals surface area contributed by atoms with Crippen molar-refractivity contribution in [1.29, 1.82) is 0 Å². The van der Waals surface area contributed by atoms with E-state index >= 15 is 0 Å². The molecular formula is C12H16F4N2. The van der Waals surface area contributed by atoms with Crippen molar-refractivity contribution in [1.82, 2.24) is 0 Å². The second-order valence-corrected chi connectivity index (χ2v) is 4.09. The van der Waals surface area contributed by atoms with Gasteiger partial charge in [-0.05, 0) is 31.0 Å². The van der Waals surface area contributed by atoms with Crippen LogP contribution in [0.2, 0.25) is 0 Å². The van der Waals surface area contributed by atoms with Gasteiger partial charge in [-0.2, -0.15) is 13.2 Å². The van der Waals surface area contributed by atoms with E-state index in [9.17, 15) is 17.6 Å². The van der Waals surface area contributed by atoms with E-state index < -0.39 is 23.6 Å². The maximum atomic E-state index is 13.3. The first-order chi connectivity index (χ1) is 8.38. The average Bonchev–Trinajstić information content (AvgIpc) is 2.27. The number of alkyl halides is 3. The Bertz CT molecular complexity index is 390. The maximum Gasteiger partial charge on any atom is 0.419 e. The van der Waals surface area contributed by atoms with E-state index in [1.165, 1.54) is 12.1 Å². The third kappa shape index (κ3) is 3.68. The van der Waals surface area contributed by atoms with Gasteiger partial charge in [-0.25, -0.2) is 4.39 Å². The SMILES string of the molecule is NCCCC[C@@H](N)c1cccc(F)c1C(F)(F)F. The lowest BCUT2D eigenvalue weighted by molar-refractivity contribution is -0.140. The smallest absolute Gasteiger partial charge is 0.330 e. The second kappa shape index (κ2) is 6.15. The van der Waals surface area contributed by atoms with Gasteiger partial charge in [0.15, 0.2) is 0 Å². The normalized spacial score (nSPS) is 13.7. The topological polar surface area (TPSA) is 52.0 Å². The summed E-state index contributed by atoms with van der Waals surface area (Å²) < 4.78 is 51.5. The number of rotatable bonds is 5. The number of benzene rings is 1. The highest BCUT2D eigenvalue weighted by Gasteiger charge is 2.37. The van der Waals surface area contributed by atoms with E-state index in [2.05, 4.69) is 0 Å². The van der Waals surface area contributed by atoms with Gasteiger partial charge in [0.25, 0.3) is 0 Å². The summed E-state index contributed by atoms with van der Waals surface area (Å²) in [6, 6.07) is 2.42. The summed E-state index contributed by atoms with van der Waals surface area (Å²) in [7, 11) is 0. The van der Waals surface area contributed by atoms with E-state index in [1.54, 1.807) is 0 Å². The Hall–Kier alpha value is -1.14. The summed E-state index contributed by atoms with van der Waals surface area (Å²) in [4.78, 5) is 0. The van der Waals surface area contributed by atoms with Crippen molar-refractivity contribution in [2.24, 2.45) is 11.5 Å². The number of nitrogens with two attached hydrogens (primary N) is 2. The van der Waals surface area contributed by atoms with Gasteiger partial charge in [-0.15, -0.1) is 0 Å². The third-order valence-corrected chi connectivity index (χ3v) is 2.70. The first kappa shape index (κ1) is 14.9. The monoisotopic (exact) mass is 264 g/mol. The minimum absolute atomic E-state index is 0.195. The minimum atomic E-state index is -4.73. The molecule has 0 unspecified atom stereocenters. The first-order valence-electron chi connectivity index (χ1n) is 5.69. The van der Waals surface area contributed by atoms with Crippen molar-refractivity contribution in [2.75, 3.05) is 6.54 Å². The Balaban J connectivity index is 2.97. The molecule has 1 aromatic carbocycles. The molecule has 1 rings (SSSR count). The van der Waals surface area contributed by atoms with Crippen LogP contribution in [0.3, 0.4) is 0 Å². The molecule has 0 aliphatic heterocycles. The first-order valence-corrected chi connectivity index (χ1v) is 5.69. The summed E-state index contributed by atoms with van der Waals surface area (Å²) in [5, 5.41) is 0. The Morgan fingerprint density at radius 2 is 1.83 bits per heavy atom. The zero-order valence-electron chi connectivity index (χ0n) is 9.80.